The highest BCUT2D eigenvalue weighted by Crippen LogP contribution is 2.62. The number of fused-ring (bicyclic) bond motifs is 8. The molecule has 0 heterocycles. The van der Waals surface area contributed by atoms with Gasteiger partial charge in [-0.05, 0) is 35.6 Å². The van der Waals surface area contributed by atoms with E-state index in [1.165, 1.54) is 22.3 Å². The van der Waals surface area contributed by atoms with Crippen LogP contribution in [0.4, 0.5) is 0 Å². The van der Waals surface area contributed by atoms with Gasteiger partial charge in [-0.2, -0.15) is 5.26 Å². The van der Waals surface area contributed by atoms with Gasteiger partial charge in [0.05, 0.1) is 12.0 Å². The normalized spacial score (nSPS) is 27.5. The second-order valence-corrected chi connectivity index (χ2v) is 5.75. The molecule has 2 aliphatic carbocycles. The quantitative estimate of drug-likeness (QED) is 0.745. The van der Waals surface area contributed by atoms with Gasteiger partial charge in [0.25, 0.3) is 0 Å². The summed E-state index contributed by atoms with van der Waals surface area (Å²) in [7, 11) is 0. The molecule has 1 heteroatoms. The van der Waals surface area contributed by atoms with Gasteiger partial charge in [0.1, 0.15) is 0 Å². The monoisotopic (exact) mass is 245 g/mol. The summed E-state index contributed by atoms with van der Waals surface area (Å²) in [6.07, 6.45) is 1.07. The zero-order chi connectivity index (χ0) is 13.0. The van der Waals surface area contributed by atoms with Gasteiger partial charge in [0, 0.05) is 11.3 Å². The van der Waals surface area contributed by atoms with Crippen molar-refractivity contribution < 1.29 is 0 Å². The molecule has 4 rings (SSSR count). The molecule has 0 saturated heterocycles. The lowest BCUT2D eigenvalue weighted by atomic mass is 9.68. The Morgan fingerprint density at radius 1 is 1.05 bits per heavy atom. The molecule has 0 spiro atoms. The van der Waals surface area contributed by atoms with Crippen molar-refractivity contribution in [3.63, 3.8) is 0 Å². The minimum Gasteiger partial charge on any atom is -0.198 e. The third kappa shape index (κ3) is 1.10. The lowest BCUT2D eigenvalue weighted by Gasteiger charge is -2.33. The van der Waals surface area contributed by atoms with Crippen LogP contribution in [0, 0.1) is 17.2 Å². The summed E-state index contributed by atoms with van der Waals surface area (Å²) in [5.74, 6) is 0.505. The van der Waals surface area contributed by atoms with Crippen molar-refractivity contribution in [2.45, 2.75) is 24.7 Å². The number of hydrogen-bond acceptors (Lipinski definition) is 1. The van der Waals surface area contributed by atoms with Gasteiger partial charge in [0.2, 0.25) is 0 Å². The molecule has 0 N–H and O–H groups in total. The second kappa shape index (κ2) is 3.48. The zero-order valence-electron chi connectivity index (χ0n) is 10.9. The first-order chi connectivity index (χ1) is 9.29. The molecule has 0 fully saturated rings. The minimum absolute atomic E-state index is 0.0160. The van der Waals surface area contributed by atoms with Gasteiger partial charge in [0.15, 0.2) is 0 Å². The van der Waals surface area contributed by atoms with Crippen molar-refractivity contribution in [1.29, 1.82) is 5.26 Å². The lowest BCUT2D eigenvalue weighted by Crippen LogP contribution is -2.31. The predicted molar refractivity (Wildman–Crippen MR) is 74.9 cm³/mol. The summed E-state index contributed by atoms with van der Waals surface area (Å²) in [5.41, 5.74) is 5.55. The first-order valence-electron chi connectivity index (χ1n) is 6.87. The Labute approximate surface area is 113 Å². The Morgan fingerprint density at radius 2 is 1.58 bits per heavy atom. The van der Waals surface area contributed by atoms with E-state index in [0.29, 0.717) is 5.92 Å². The smallest absolute Gasteiger partial charge is 0.0665 e. The Morgan fingerprint density at radius 3 is 2.11 bits per heavy atom. The van der Waals surface area contributed by atoms with Crippen LogP contribution in [-0.4, -0.2) is 0 Å². The van der Waals surface area contributed by atoms with E-state index < -0.39 is 0 Å². The third-order valence-corrected chi connectivity index (χ3v) is 5.09. The molecule has 0 amide bonds. The average Bonchev–Trinajstić information content (AvgIpc) is 3.00. The van der Waals surface area contributed by atoms with Crippen molar-refractivity contribution in [3.05, 3.63) is 70.8 Å². The maximum Gasteiger partial charge on any atom is 0.0665 e. The van der Waals surface area contributed by atoms with Crippen LogP contribution in [0.3, 0.4) is 0 Å². The molecule has 19 heavy (non-hydrogen) atoms. The summed E-state index contributed by atoms with van der Waals surface area (Å²) in [6, 6.07) is 19.9. The molecule has 1 nitrogen and oxygen atoms in total. The molecule has 2 aromatic rings. The number of benzene rings is 2. The molecular weight excluding hydrogens is 230 g/mol. The first kappa shape index (κ1) is 10.8. The molecule has 2 bridgehead atoms. The Balaban J connectivity index is 2.08. The molecule has 0 radical (unpaired) electrons. The van der Waals surface area contributed by atoms with E-state index in [1.54, 1.807) is 0 Å². The largest absolute Gasteiger partial charge is 0.198 e. The summed E-state index contributed by atoms with van der Waals surface area (Å²) >= 11 is 0. The maximum absolute atomic E-state index is 9.51. The van der Waals surface area contributed by atoms with E-state index in [0.717, 1.165) is 6.42 Å². The topological polar surface area (TPSA) is 23.8 Å². The van der Waals surface area contributed by atoms with Crippen molar-refractivity contribution in [2.24, 2.45) is 5.92 Å². The van der Waals surface area contributed by atoms with Crippen LogP contribution in [0.5, 0.6) is 0 Å². The van der Waals surface area contributed by atoms with Gasteiger partial charge < -0.3 is 0 Å². The highest BCUT2D eigenvalue weighted by Gasteiger charge is 2.55. The van der Waals surface area contributed by atoms with Gasteiger partial charge in [-0.1, -0.05) is 48.5 Å². The molecule has 1 atom stereocenters. The number of hydrogen-bond donors (Lipinski definition) is 0. The molecule has 1 unspecified atom stereocenters. The van der Waals surface area contributed by atoms with Crippen LogP contribution >= 0.6 is 0 Å². The molecule has 0 aromatic heterocycles. The van der Waals surface area contributed by atoms with Crippen LogP contribution in [0.15, 0.2) is 48.5 Å². The van der Waals surface area contributed by atoms with Gasteiger partial charge in [-0.15, -0.1) is 0 Å². The third-order valence-electron chi connectivity index (χ3n) is 5.09. The van der Waals surface area contributed by atoms with E-state index >= 15 is 0 Å². The van der Waals surface area contributed by atoms with E-state index in [2.05, 4.69) is 61.5 Å². The molecule has 2 aromatic carbocycles. The van der Waals surface area contributed by atoms with E-state index in [9.17, 15) is 5.26 Å². The van der Waals surface area contributed by atoms with E-state index in [1.807, 2.05) is 0 Å². The highest BCUT2D eigenvalue weighted by molar-refractivity contribution is 5.63. The predicted octanol–water partition coefficient (Wildman–Crippen LogP) is 3.98. The van der Waals surface area contributed by atoms with Gasteiger partial charge >= 0.3 is 0 Å². The van der Waals surface area contributed by atoms with Gasteiger partial charge in [-0.3, -0.25) is 0 Å². The van der Waals surface area contributed by atoms with Crippen LogP contribution in [-0.2, 0) is 5.41 Å². The second-order valence-electron chi connectivity index (χ2n) is 5.75. The fourth-order valence-corrected chi connectivity index (χ4v) is 4.24. The highest BCUT2D eigenvalue weighted by atomic mass is 14.6. The lowest BCUT2D eigenvalue weighted by molar-refractivity contribution is 0.427. The summed E-state index contributed by atoms with van der Waals surface area (Å²) in [6.45, 7) is 2.07. The molecular formula is C18H15N. The Hall–Kier alpha value is -2.07. The summed E-state index contributed by atoms with van der Waals surface area (Å²) in [5, 5.41) is 9.51. The minimum atomic E-state index is -0.0768. The molecule has 2 aliphatic rings. The summed E-state index contributed by atoms with van der Waals surface area (Å²) in [4.78, 5) is 0. The van der Waals surface area contributed by atoms with Gasteiger partial charge in [-0.25, -0.2) is 0 Å². The Bertz CT molecular complexity index is 660. The maximum atomic E-state index is 9.51. The van der Waals surface area contributed by atoms with E-state index in [-0.39, 0.29) is 11.3 Å². The fourth-order valence-electron chi connectivity index (χ4n) is 4.24. The van der Waals surface area contributed by atoms with Crippen molar-refractivity contribution in [1.82, 2.24) is 0 Å². The molecule has 0 saturated carbocycles. The standard InChI is InChI=1S/C18H15N/c1-12(11-19)18-10-15(13-6-2-4-8-16(13)18)14-7-3-5-9-17(14)18/h2-9,12,15H,10H2,1H3. The van der Waals surface area contributed by atoms with Crippen LogP contribution in [0.2, 0.25) is 0 Å². The van der Waals surface area contributed by atoms with Crippen LogP contribution < -0.4 is 0 Å². The fraction of sp³-hybridized carbons (Fsp3) is 0.278. The molecule has 0 aliphatic heterocycles. The average molecular weight is 245 g/mol. The SMILES string of the molecule is CC(C#N)C12CC(c3ccccc31)c1ccccc12. The first-order valence-corrected chi connectivity index (χ1v) is 6.87. The van der Waals surface area contributed by atoms with Crippen molar-refractivity contribution in [3.8, 4) is 6.07 Å². The summed E-state index contributed by atoms with van der Waals surface area (Å²) < 4.78 is 0. The van der Waals surface area contributed by atoms with Crippen LogP contribution in [0.1, 0.15) is 41.5 Å². The number of nitrogens with zero attached hydrogens (tertiary/aromatic N) is 1. The Kier molecular flexibility index (Phi) is 1.98. The number of rotatable bonds is 1. The van der Waals surface area contributed by atoms with E-state index in [4.69, 9.17) is 0 Å². The number of nitriles is 1. The van der Waals surface area contributed by atoms with Crippen molar-refractivity contribution in [2.75, 3.05) is 0 Å². The zero-order valence-corrected chi connectivity index (χ0v) is 10.9. The van der Waals surface area contributed by atoms with Crippen molar-refractivity contribution >= 4 is 0 Å². The molecule has 92 valence electrons. The van der Waals surface area contributed by atoms with Crippen LogP contribution in [0.25, 0.3) is 0 Å².